The molecule has 0 radical (unpaired) electrons. The fourth-order valence-corrected chi connectivity index (χ4v) is 1.86. The Balaban J connectivity index is 1.97. The van der Waals surface area contributed by atoms with E-state index >= 15 is 0 Å². The number of H-pyrrole nitrogens is 1. The Labute approximate surface area is 95.5 Å². The van der Waals surface area contributed by atoms with Gasteiger partial charge in [-0.25, -0.2) is 4.98 Å². The standard InChI is InChI=1S/C12H19N3O/c1-3-10-14-11(6-12(16)15-10)13-7-8(2)9-4-5-9/h6,8-9H,3-5,7H2,1-2H3,(H2,13,14,15,16). The van der Waals surface area contributed by atoms with Crippen molar-refractivity contribution in [3.05, 3.63) is 22.2 Å². The van der Waals surface area contributed by atoms with Crippen molar-refractivity contribution in [3.63, 3.8) is 0 Å². The first kappa shape index (κ1) is 11.2. The number of aromatic nitrogens is 2. The molecule has 2 N–H and O–H groups in total. The molecule has 1 aromatic rings. The highest BCUT2D eigenvalue weighted by molar-refractivity contribution is 5.33. The van der Waals surface area contributed by atoms with Crippen LogP contribution in [0.5, 0.6) is 0 Å². The van der Waals surface area contributed by atoms with Crippen molar-refractivity contribution < 1.29 is 0 Å². The van der Waals surface area contributed by atoms with E-state index in [1.54, 1.807) is 0 Å². The zero-order valence-corrected chi connectivity index (χ0v) is 9.92. The van der Waals surface area contributed by atoms with Crippen LogP contribution in [-0.2, 0) is 6.42 Å². The van der Waals surface area contributed by atoms with Gasteiger partial charge in [0.1, 0.15) is 11.6 Å². The molecule has 0 amide bonds. The maximum Gasteiger partial charge on any atom is 0.252 e. The van der Waals surface area contributed by atoms with Crippen molar-refractivity contribution in [2.45, 2.75) is 33.1 Å². The maximum absolute atomic E-state index is 11.3. The average Bonchev–Trinajstić information content (AvgIpc) is 3.08. The molecule has 0 saturated heterocycles. The number of nitrogens with one attached hydrogen (secondary N) is 2. The summed E-state index contributed by atoms with van der Waals surface area (Å²) in [4.78, 5) is 18.4. The number of aryl methyl sites for hydroxylation is 1. The fourth-order valence-electron chi connectivity index (χ4n) is 1.86. The summed E-state index contributed by atoms with van der Waals surface area (Å²) in [6, 6.07) is 1.53. The Morgan fingerprint density at radius 3 is 3.00 bits per heavy atom. The van der Waals surface area contributed by atoms with E-state index in [1.807, 2.05) is 6.92 Å². The number of hydrogen-bond acceptors (Lipinski definition) is 3. The summed E-state index contributed by atoms with van der Waals surface area (Å²) in [5.74, 6) is 2.99. The smallest absolute Gasteiger partial charge is 0.252 e. The van der Waals surface area contributed by atoms with Crippen LogP contribution in [0.3, 0.4) is 0 Å². The molecule has 16 heavy (non-hydrogen) atoms. The van der Waals surface area contributed by atoms with E-state index in [4.69, 9.17) is 0 Å². The molecule has 1 saturated carbocycles. The van der Waals surface area contributed by atoms with Gasteiger partial charge in [0.05, 0.1) is 0 Å². The third-order valence-corrected chi connectivity index (χ3v) is 3.16. The summed E-state index contributed by atoms with van der Waals surface area (Å²) in [6.45, 7) is 5.14. The van der Waals surface area contributed by atoms with Gasteiger partial charge < -0.3 is 10.3 Å². The minimum absolute atomic E-state index is 0.0755. The van der Waals surface area contributed by atoms with Crippen LogP contribution in [0.1, 0.15) is 32.5 Å². The van der Waals surface area contributed by atoms with E-state index in [0.717, 1.165) is 24.7 Å². The van der Waals surface area contributed by atoms with Crippen LogP contribution in [0.4, 0.5) is 5.82 Å². The first-order chi connectivity index (χ1) is 7.69. The van der Waals surface area contributed by atoms with E-state index in [2.05, 4.69) is 22.2 Å². The lowest BCUT2D eigenvalue weighted by molar-refractivity contribution is 0.535. The van der Waals surface area contributed by atoms with E-state index in [-0.39, 0.29) is 5.56 Å². The summed E-state index contributed by atoms with van der Waals surface area (Å²) < 4.78 is 0. The lowest BCUT2D eigenvalue weighted by Crippen LogP contribution is -2.17. The van der Waals surface area contributed by atoms with Crippen LogP contribution >= 0.6 is 0 Å². The zero-order valence-electron chi connectivity index (χ0n) is 9.92. The van der Waals surface area contributed by atoms with Gasteiger partial charge in [0, 0.05) is 19.0 Å². The maximum atomic E-state index is 11.3. The molecular formula is C12H19N3O. The Morgan fingerprint density at radius 2 is 2.38 bits per heavy atom. The number of hydrogen-bond donors (Lipinski definition) is 2. The van der Waals surface area contributed by atoms with Gasteiger partial charge in [0.25, 0.3) is 5.56 Å². The Hall–Kier alpha value is -1.32. The minimum Gasteiger partial charge on any atom is -0.370 e. The Kier molecular flexibility index (Phi) is 3.27. The van der Waals surface area contributed by atoms with Crippen molar-refractivity contribution in [1.82, 2.24) is 9.97 Å². The third kappa shape index (κ3) is 2.84. The molecule has 2 rings (SSSR count). The van der Waals surface area contributed by atoms with Crippen LogP contribution in [-0.4, -0.2) is 16.5 Å². The van der Waals surface area contributed by atoms with Crippen molar-refractivity contribution >= 4 is 5.82 Å². The van der Waals surface area contributed by atoms with Crippen molar-refractivity contribution in [1.29, 1.82) is 0 Å². The molecule has 1 aromatic heterocycles. The highest BCUT2D eigenvalue weighted by Crippen LogP contribution is 2.36. The van der Waals surface area contributed by atoms with Crippen LogP contribution in [0, 0.1) is 11.8 Å². The van der Waals surface area contributed by atoms with Gasteiger partial charge in [-0.15, -0.1) is 0 Å². The molecule has 1 atom stereocenters. The topological polar surface area (TPSA) is 57.8 Å². The number of nitrogens with zero attached hydrogens (tertiary/aromatic N) is 1. The molecule has 4 heteroatoms. The van der Waals surface area contributed by atoms with Crippen LogP contribution in [0.15, 0.2) is 10.9 Å². The summed E-state index contributed by atoms with van der Waals surface area (Å²) in [6.07, 6.45) is 3.46. The fraction of sp³-hybridized carbons (Fsp3) is 0.667. The molecule has 1 aliphatic carbocycles. The average molecular weight is 221 g/mol. The van der Waals surface area contributed by atoms with Gasteiger partial charge in [-0.1, -0.05) is 13.8 Å². The van der Waals surface area contributed by atoms with Gasteiger partial charge in [0.2, 0.25) is 0 Å². The predicted molar refractivity (Wildman–Crippen MR) is 64.6 cm³/mol. The molecule has 0 aliphatic heterocycles. The highest BCUT2D eigenvalue weighted by atomic mass is 16.1. The zero-order chi connectivity index (χ0) is 11.5. The quantitative estimate of drug-likeness (QED) is 0.797. The van der Waals surface area contributed by atoms with Crippen LogP contribution < -0.4 is 10.9 Å². The molecule has 1 heterocycles. The first-order valence-corrected chi connectivity index (χ1v) is 6.03. The second-order valence-electron chi connectivity index (χ2n) is 4.63. The summed E-state index contributed by atoms with van der Waals surface area (Å²) in [5.41, 5.74) is -0.0755. The second kappa shape index (κ2) is 4.68. The lowest BCUT2D eigenvalue weighted by atomic mass is 10.1. The SMILES string of the molecule is CCc1nc(NCC(C)C2CC2)cc(=O)[nH]1. The van der Waals surface area contributed by atoms with Gasteiger partial charge >= 0.3 is 0 Å². The van der Waals surface area contributed by atoms with Crippen molar-refractivity contribution in [2.24, 2.45) is 11.8 Å². The normalized spacial score (nSPS) is 17.1. The monoisotopic (exact) mass is 221 g/mol. The number of aromatic amines is 1. The Bertz CT molecular complexity index is 409. The van der Waals surface area contributed by atoms with E-state index < -0.39 is 0 Å². The van der Waals surface area contributed by atoms with Gasteiger partial charge in [-0.05, 0) is 24.7 Å². The van der Waals surface area contributed by atoms with E-state index in [9.17, 15) is 4.79 Å². The molecule has 1 fully saturated rings. The Morgan fingerprint density at radius 1 is 1.62 bits per heavy atom. The molecule has 0 spiro atoms. The highest BCUT2D eigenvalue weighted by Gasteiger charge is 2.27. The molecule has 0 aromatic carbocycles. The van der Waals surface area contributed by atoms with Gasteiger partial charge in [0.15, 0.2) is 0 Å². The van der Waals surface area contributed by atoms with Gasteiger partial charge in [-0.3, -0.25) is 4.79 Å². The number of rotatable bonds is 5. The molecule has 88 valence electrons. The molecule has 1 unspecified atom stereocenters. The van der Waals surface area contributed by atoms with Crippen molar-refractivity contribution in [3.8, 4) is 0 Å². The van der Waals surface area contributed by atoms with E-state index in [0.29, 0.717) is 11.7 Å². The second-order valence-corrected chi connectivity index (χ2v) is 4.63. The summed E-state index contributed by atoms with van der Waals surface area (Å²) in [7, 11) is 0. The van der Waals surface area contributed by atoms with Gasteiger partial charge in [-0.2, -0.15) is 0 Å². The number of anilines is 1. The van der Waals surface area contributed by atoms with Crippen molar-refractivity contribution in [2.75, 3.05) is 11.9 Å². The molecule has 0 bridgehead atoms. The lowest BCUT2D eigenvalue weighted by Gasteiger charge is -2.11. The largest absolute Gasteiger partial charge is 0.370 e. The first-order valence-electron chi connectivity index (χ1n) is 6.03. The summed E-state index contributed by atoms with van der Waals surface area (Å²) in [5, 5.41) is 3.25. The minimum atomic E-state index is -0.0755. The molecular weight excluding hydrogens is 202 g/mol. The summed E-state index contributed by atoms with van der Waals surface area (Å²) >= 11 is 0. The van der Waals surface area contributed by atoms with Crippen LogP contribution in [0.2, 0.25) is 0 Å². The third-order valence-electron chi connectivity index (χ3n) is 3.16. The molecule has 4 nitrogen and oxygen atoms in total. The van der Waals surface area contributed by atoms with E-state index in [1.165, 1.54) is 18.9 Å². The predicted octanol–water partition coefficient (Wildman–Crippen LogP) is 1.79. The molecule has 1 aliphatic rings. The van der Waals surface area contributed by atoms with Crippen LogP contribution in [0.25, 0.3) is 0 Å².